The van der Waals surface area contributed by atoms with Crippen LogP contribution in [0.25, 0.3) is 0 Å². The molecule has 2 aliphatic rings. The van der Waals surface area contributed by atoms with Gasteiger partial charge in [0.1, 0.15) is 10.7 Å². The van der Waals surface area contributed by atoms with Crippen LogP contribution in [0.3, 0.4) is 0 Å². The molecule has 0 spiro atoms. The van der Waals surface area contributed by atoms with Crippen LogP contribution in [-0.2, 0) is 19.6 Å². The zero-order chi connectivity index (χ0) is 21.2. The molecular formula is C19H27FN4O4S. The predicted octanol–water partition coefficient (Wildman–Crippen LogP) is 0.115. The van der Waals surface area contributed by atoms with E-state index in [4.69, 9.17) is 0 Å². The van der Waals surface area contributed by atoms with Crippen molar-refractivity contribution in [3.63, 3.8) is 0 Å². The molecule has 2 heterocycles. The Balaban J connectivity index is 1.61. The molecule has 0 aromatic heterocycles. The van der Waals surface area contributed by atoms with Crippen LogP contribution in [0, 0.1) is 11.7 Å². The van der Waals surface area contributed by atoms with Gasteiger partial charge in [-0.05, 0) is 18.1 Å². The van der Waals surface area contributed by atoms with Crippen LogP contribution in [0.4, 0.5) is 4.39 Å². The second-order valence-electron chi connectivity index (χ2n) is 7.67. The van der Waals surface area contributed by atoms with Gasteiger partial charge >= 0.3 is 0 Å². The Morgan fingerprint density at radius 2 is 1.83 bits per heavy atom. The van der Waals surface area contributed by atoms with Crippen molar-refractivity contribution in [2.45, 2.75) is 24.8 Å². The lowest BCUT2D eigenvalue weighted by molar-refractivity contribution is -0.138. The number of sulfonamides is 1. The minimum Gasteiger partial charge on any atom is -0.353 e. The molecule has 29 heavy (non-hydrogen) atoms. The first-order chi connectivity index (χ1) is 13.7. The van der Waals surface area contributed by atoms with Crippen molar-refractivity contribution in [2.75, 3.05) is 45.8 Å². The van der Waals surface area contributed by atoms with Gasteiger partial charge in [0.05, 0.1) is 12.6 Å². The van der Waals surface area contributed by atoms with Crippen molar-refractivity contribution in [2.24, 2.45) is 5.92 Å². The molecule has 0 bridgehead atoms. The molecular weight excluding hydrogens is 399 g/mol. The molecule has 2 saturated heterocycles. The number of benzene rings is 1. The summed E-state index contributed by atoms with van der Waals surface area (Å²) >= 11 is 0. The van der Waals surface area contributed by atoms with Gasteiger partial charge in [0.2, 0.25) is 21.8 Å². The van der Waals surface area contributed by atoms with Gasteiger partial charge in [-0.3, -0.25) is 14.5 Å². The highest BCUT2D eigenvalue weighted by Gasteiger charge is 2.36. The van der Waals surface area contributed by atoms with Crippen LogP contribution in [0.15, 0.2) is 29.2 Å². The number of piperazine rings is 2. The van der Waals surface area contributed by atoms with Gasteiger partial charge in [-0.15, -0.1) is 0 Å². The summed E-state index contributed by atoms with van der Waals surface area (Å²) in [6.45, 7) is 5.80. The second-order valence-corrected chi connectivity index (χ2v) is 9.57. The Hall–Kier alpha value is -2.04. The minimum absolute atomic E-state index is 0.0696. The van der Waals surface area contributed by atoms with E-state index in [1.54, 1.807) is 4.90 Å². The summed E-state index contributed by atoms with van der Waals surface area (Å²) in [5, 5.41) is 2.83. The zero-order valence-electron chi connectivity index (χ0n) is 16.7. The van der Waals surface area contributed by atoms with Crippen LogP contribution in [0.5, 0.6) is 0 Å². The highest BCUT2D eigenvalue weighted by atomic mass is 32.2. The summed E-state index contributed by atoms with van der Waals surface area (Å²) < 4.78 is 40.5. The average molecular weight is 427 g/mol. The Kier molecular flexibility index (Phi) is 6.55. The molecule has 2 fully saturated rings. The molecule has 1 N–H and O–H groups in total. The van der Waals surface area contributed by atoms with Gasteiger partial charge in [0.15, 0.2) is 0 Å². The van der Waals surface area contributed by atoms with Crippen molar-refractivity contribution < 1.29 is 22.4 Å². The fourth-order valence-corrected chi connectivity index (χ4v) is 5.37. The molecule has 2 amide bonds. The Labute approximate surface area is 170 Å². The third kappa shape index (κ3) is 4.59. The lowest BCUT2D eigenvalue weighted by Crippen LogP contribution is -2.60. The van der Waals surface area contributed by atoms with Gasteiger partial charge < -0.3 is 10.2 Å². The quantitative estimate of drug-likeness (QED) is 0.722. The molecule has 0 radical (unpaired) electrons. The van der Waals surface area contributed by atoms with Crippen LogP contribution < -0.4 is 5.32 Å². The zero-order valence-corrected chi connectivity index (χ0v) is 17.5. The molecule has 1 atom stereocenters. The number of nitrogens with zero attached hydrogens (tertiary/aromatic N) is 3. The van der Waals surface area contributed by atoms with E-state index in [0.717, 1.165) is 6.07 Å². The third-order valence-electron chi connectivity index (χ3n) is 5.38. The Morgan fingerprint density at radius 1 is 1.17 bits per heavy atom. The maximum Gasteiger partial charge on any atom is 0.246 e. The molecule has 8 nitrogen and oxygen atoms in total. The topological polar surface area (TPSA) is 90.0 Å². The number of carbonyl (C=O) groups excluding carboxylic acids is 2. The van der Waals surface area contributed by atoms with Gasteiger partial charge in [-0.2, -0.15) is 4.31 Å². The van der Waals surface area contributed by atoms with E-state index >= 15 is 0 Å². The SMILES string of the molecule is CC(C)C1C(=O)NCCN1CC(=O)N1CCN(S(=O)(=O)c2ccccc2F)CC1. The van der Waals surface area contributed by atoms with E-state index in [-0.39, 0.29) is 61.4 Å². The number of hydrogen-bond acceptors (Lipinski definition) is 5. The van der Waals surface area contributed by atoms with Crippen molar-refractivity contribution in [1.82, 2.24) is 19.4 Å². The lowest BCUT2D eigenvalue weighted by Gasteiger charge is -2.39. The summed E-state index contributed by atoms with van der Waals surface area (Å²) in [7, 11) is -3.94. The number of nitrogens with one attached hydrogen (secondary N) is 1. The number of rotatable bonds is 5. The monoisotopic (exact) mass is 426 g/mol. The first-order valence-electron chi connectivity index (χ1n) is 9.76. The highest BCUT2D eigenvalue weighted by Crippen LogP contribution is 2.21. The van der Waals surface area contributed by atoms with Gasteiger partial charge in [0.25, 0.3) is 0 Å². The van der Waals surface area contributed by atoms with E-state index in [1.807, 2.05) is 18.7 Å². The van der Waals surface area contributed by atoms with E-state index in [0.29, 0.717) is 13.1 Å². The Morgan fingerprint density at radius 3 is 2.45 bits per heavy atom. The van der Waals surface area contributed by atoms with Crippen molar-refractivity contribution in [1.29, 1.82) is 0 Å². The number of amides is 2. The standard InChI is InChI=1S/C19H27FN4O4S/c1-14(2)18-19(26)21-7-8-23(18)13-17(25)22-9-11-24(12-10-22)29(27,28)16-6-4-3-5-15(16)20/h3-6,14,18H,7-13H2,1-2H3,(H,21,26). The fraction of sp³-hybridized carbons (Fsp3) is 0.579. The third-order valence-corrected chi connectivity index (χ3v) is 7.31. The Bertz CT molecular complexity index is 869. The summed E-state index contributed by atoms with van der Waals surface area (Å²) in [6, 6.07) is 4.93. The normalized spacial score (nSPS) is 22.0. The van der Waals surface area contributed by atoms with Crippen LogP contribution >= 0.6 is 0 Å². The molecule has 2 aliphatic heterocycles. The van der Waals surface area contributed by atoms with E-state index < -0.39 is 15.8 Å². The number of carbonyl (C=O) groups is 2. The van der Waals surface area contributed by atoms with Gasteiger partial charge in [0, 0.05) is 39.3 Å². The smallest absolute Gasteiger partial charge is 0.246 e. The van der Waals surface area contributed by atoms with E-state index in [1.165, 1.54) is 22.5 Å². The molecule has 0 aliphatic carbocycles. The molecule has 0 saturated carbocycles. The van der Waals surface area contributed by atoms with Gasteiger partial charge in [-0.25, -0.2) is 12.8 Å². The van der Waals surface area contributed by atoms with Crippen molar-refractivity contribution >= 4 is 21.8 Å². The van der Waals surface area contributed by atoms with Crippen LogP contribution in [-0.4, -0.2) is 86.2 Å². The lowest BCUT2D eigenvalue weighted by atomic mass is 9.99. The number of halogens is 1. The highest BCUT2D eigenvalue weighted by molar-refractivity contribution is 7.89. The second kappa shape index (κ2) is 8.76. The predicted molar refractivity (Wildman–Crippen MR) is 105 cm³/mol. The minimum atomic E-state index is -3.94. The summed E-state index contributed by atoms with van der Waals surface area (Å²) in [5.74, 6) is -0.909. The van der Waals surface area contributed by atoms with Crippen LogP contribution in [0.2, 0.25) is 0 Å². The number of hydrogen-bond donors (Lipinski definition) is 1. The van der Waals surface area contributed by atoms with E-state index in [9.17, 15) is 22.4 Å². The maximum absolute atomic E-state index is 13.9. The molecule has 3 rings (SSSR count). The van der Waals surface area contributed by atoms with E-state index in [2.05, 4.69) is 5.32 Å². The summed E-state index contributed by atoms with van der Waals surface area (Å²) in [6.07, 6.45) is 0. The molecule has 10 heteroatoms. The fourth-order valence-electron chi connectivity index (χ4n) is 3.88. The maximum atomic E-state index is 13.9. The first-order valence-corrected chi connectivity index (χ1v) is 11.2. The molecule has 160 valence electrons. The van der Waals surface area contributed by atoms with Gasteiger partial charge in [-0.1, -0.05) is 26.0 Å². The average Bonchev–Trinajstić information content (AvgIpc) is 2.68. The summed E-state index contributed by atoms with van der Waals surface area (Å²) in [5.41, 5.74) is 0. The molecule has 1 aromatic rings. The van der Waals surface area contributed by atoms with Crippen molar-refractivity contribution in [3.8, 4) is 0 Å². The first kappa shape index (κ1) is 21.7. The largest absolute Gasteiger partial charge is 0.353 e. The molecule has 1 unspecified atom stereocenters. The van der Waals surface area contributed by atoms with Crippen LogP contribution in [0.1, 0.15) is 13.8 Å². The molecule has 1 aromatic carbocycles. The summed E-state index contributed by atoms with van der Waals surface area (Å²) in [4.78, 5) is 28.0. The van der Waals surface area contributed by atoms with Crippen molar-refractivity contribution in [3.05, 3.63) is 30.1 Å².